The van der Waals surface area contributed by atoms with Crippen molar-refractivity contribution >= 4 is 16.7 Å². The molecule has 1 aromatic carbocycles. The smallest absolute Gasteiger partial charge is 0.166 e. The lowest BCUT2D eigenvalue weighted by Crippen LogP contribution is -2.16. The van der Waals surface area contributed by atoms with Gasteiger partial charge in [0.2, 0.25) is 0 Å². The summed E-state index contributed by atoms with van der Waals surface area (Å²) in [6, 6.07) is 8.03. The maximum atomic E-state index is 12.1. The number of aromatic nitrogens is 1. The molecule has 17 heavy (non-hydrogen) atoms. The molecular formula is C14H18N2O. The molecule has 1 aromatic heterocycles. The van der Waals surface area contributed by atoms with Gasteiger partial charge in [-0.05, 0) is 20.2 Å². The molecule has 0 fully saturated rings. The van der Waals surface area contributed by atoms with Gasteiger partial charge in [0, 0.05) is 42.7 Å². The molecule has 0 saturated carbocycles. The number of carbonyl (C=O) groups excluding carboxylic acids is 1. The molecule has 3 nitrogen and oxygen atoms in total. The van der Waals surface area contributed by atoms with Crippen LogP contribution in [0.1, 0.15) is 16.8 Å². The highest BCUT2D eigenvalue weighted by Crippen LogP contribution is 2.21. The molecule has 3 heteroatoms. The first-order valence-corrected chi connectivity index (χ1v) is 5.81. The van der Waals surface area contributed by atoms with Gasteiger partial charge < -0.3 is 9.47 Å². The van der Waals surface area contributed by atoms with E-state index in [0.29, 0.717) is 6.42 Å². The van der Waals surface area contributed by atoms with Crippen LogP contribution in [0.4, 0.5) is 0 Å². The molecule has 0 aliphatic heterocycles. The Bertz CT molecular complexity index is 540. The summed E-state index contributed by atoms with van der Waals surface area (Å²) in [5.74, 6) is 0.218. The van der Waals surface area contributed by atoms with E-state index in [4.69, 9.17) is 0 Å². The van der Waals surface area contributed by atoms with Crippen LogP contribution < -0.4 is 0 Å². The predicted molar refractivity (Wildman–Crippen MR) is 70.4 cm³/mol. The molecule has 1 heterocycles. The van der Waals surface area contributed by atoms with Crippen molar-refractivity contribution in [3.8, 4) is 0 Å². The molecule has 0 N–H and O–H groups in total. The molecule has 0 aliphatic carbocycles. The third kappa shape index (κ3) is 2.39. The molecule has 0 atom stereocenters. The van der Waals surface area contributed by atoms with Crippen LogP contribution in [0, 0.1) is 0 Å². The maximum Gasteiger partial charge on any atom is 0.166 e. The highest BCUT2D eigenvalue weighted by Gasteiger charge is 2.13. The Morgan fingerprint density at radius 1 is 1.29 bits per heavy atom. The fourth-order valence-electron chi connectivity index (χ4n) is 2.02. The van der Waals surface area contributed by atoms with Crippen molar-refractivity contribution < 1.29 is 4.79 Å². The average Bonchev–Trinajstić information content (AvgIpc) is 2.65. The topological polar surface area (TPSA) is 25.2 Å². The lowest BCUT2D eigenvalue weighted by molar-refractivity contribution is 0.0974. The Morgan fingerprint density at radius 3 is 2.71 bits per heavy atom. The van der Waals surface area contributed by atoms with E-state index in [1.807, 2.05) is 61.1 Å². The van der Waals surface area contributed by atoms with Crippen molar-refractivity contribution in [2.24, 2.45) is 7.05 Å². The number of fused-ring (bicyclic) bond motifs is 1. The number of hydrogen-bond donors (Lipinski definition) is 0. The predicted octanol–water partition coefficient (Wildman–Crippen LogP) is 2.31. The number of ketones is 1. The molecule has 0 amide bonds. The zero-order chi connectivity index (χ0) is 12.4. The molecule has 0 unspecified atom stereocenters. The fraction of sp³-hybridized carbons (Fsp3) is 0.357. The lowest BCUT2D eigenvalue weighted by atomic mass is 10.1. The van der Waals surface area contributed by atoms with Crippen LogP contribution in [0.25, 0.3) is 10.9 Å². The van der Waals surface area contributed by atoms with Crippen molar-refractivity contribution in [2.75, 3.05) is 20.6 Å². The molecule has 0 radical (unpaired) electrons. The lowest BCUT2D eigenvalue weighted by Gasteiger charge is -2.07. The zero-order valence-corrected chi connectivity index (χ0v) is 10.6. The van der Waals surface area contributed by atoms with E-state index in [9.17, 15) is 4.79 Å². The Morgan fingerprint density at radius 2 is 2.00 bits per heavy atom. The fourth-order valence-corrected chi connectivity index (χ4v) is 2.02. The van der Waals surface area contributed by atoms with Gasteiger partial charge in [0.15, 0.2) is 5.78 Å². The van der Waals surface area contributed by atoms with Gasteiger partial charge in [-0.1, -0.05) is 18.2 Å². The second kappa shape index (κ2) is 4.72. The molecule has 0 spiro atoms. The second-order valence-corrected chi connectivity index (χ2v) is 4.65. The van der Waals surface area contributed by atoms with Gasteiger partial charge >= 0.3 is 0 Å². The van der Waals surface area contributed by atoms with E-state index < -0.39 is 0 Å². The van der Waals surface area contributed by atoms with Gasteiger partial charge in [0.25, 0.3) is 0 Å². The normalized spacial score (nSPS) is 11.3. The van der Waals surface area contributed by atoms with Crippen molar-refractivity contribution in [2.45, 2.75) is 6.42 Å². The quantitative estimate of drug-likeness (QED) is 0.753. The molecule has 90 valence electrons. The van der Waals surface area contributed by atoms with Gasteiger partial charge in [-0.2, -0.15) is 0 Å². The highest BCUT2D eigenvalue weighted by atomic mass is 16.1. The summed E-state index contributed by atoms with van der Waals surface area (Å²) in [6.45, 7) is 0.794. The van der Waals surface area contributed by atoms with Crippen molar-refractivity contribution in [3.63, 3.8) is 0 Å². The summed E-state index contributed by atoms with van der Waals surface area (Å²) in [5.41, 5.74) is 1.95. The molecular weight excluding hydrogens is 212 g/mol. The van der Waals surface area contributed by atoms with E-state index in [2.05, 4.69) is 0 Å². The largest absolute Gasteiger partial charge is 0.350 e. The van der Waals surface area contributed by atoms with Gasteiger partial charge in [-0.25, -0.2) is 0 Å². The first-order valence-electron chi connectivity index (χ1n) is 5.81. The monoisotopic (exact) mass is 230 g/mol. The zero-order valence-electron chi connectivity index (χ0n) is 10.6. The SMILES string of the molecule is CN(C)CCC(=O)c1cn(C)c2ccccc12. The molecule has 0 saturated heterocycles. The van der Waals surface area contributed by atoms with E-state index in [1.165, 1.54) is 0 Å². The summed E-state index contributed by atoms with van der Waals surface area (Å²) < 4.78 is 2.01. The third-order valence-electron chi connectivity index (χ3n) is 2.98. The van der Waals surface area contributed by atoms with Crippen LogP contribution in [0.3, 0.4) is 0 Å². The van der Waals surface area contributed by atoms with Crippen LogP contribution in [0.2, 0.25) is 0 Å². The molecule has 2 aromatic rings. The summed E-state index contributed by atoms with van der Waals surface area (Å²) in [7, 11) is 5.94. The van der Waals surface area contributed by atoms with E-state index >= 15 is 0 Å². The minimum Gasteiger partial charge on any atom is -0.350 e. The number of benzene rings is 1. The maximum absolute atomic E-state index is 12.1. The molecule has 0 bridgehead atoms. The number of rotatable bonds is 4. The summed E-state index contributed by atoms with van der Waals surface area (Å²) in [5, 5.41) is 1.05. The Balaban J connectivity index is 2.32. The number of hydrogen-bond acceptors (Lipinski definition) is 2. The number of carbonyl (C=O) groups is 1. The highest BCUT2D eigenvalue weighted by molar-refractivity contribution is 6.08. The van der Waals surface area contributed by atoms with Crippen LogP contribution >= 0.6 is 0 Å². The first-order chi connectivity index (χ1) is 8.09. The number of aryl methyl sites for hydroxylation is 1. The standard InChI is InChI=1S/C14H18N2O/c1-15(2)9-8-14(17)12-10-16(3)13-7-5-4-6-11(12)13/h4-7,10H,8-9H2,1-3H3. The summed E-state index contributed by atoms with van der Waals surface area (Å²) >= 11 is 0. The summed E-state index contributed by atoms with van der Waals surface area (Å²) in [4.78, 5) is 14.2. The van der Waals surface area contributed by atoms with E-state index in [-0.39, 0.29) is 5.78 Å². The number of para-hydroxylation sites is 1. The van der Waals surface area contributed by atoms with Crippen molar-refractivity contribution in [3.05, 3.63) is 36.0 Å². The second-order valence-electron chi connectivity index (χ2n) is 4.65. The van der Waals surface area contributed by atoms with Crippen LogP contribution in [-0.2, 0) is 7.05 Å². The Hall–Kier alpha value is -1.61. The Labute approximate surface area is 102 Å². The van der Waals surface area contributed by atoms with Gasteiger partial charge in [0.05, 0.1) is 0 Å². The minimum absolute atomic E-state index is 0.218. The van der Waals surface area contributed by atoms with Crippen LogP contribution in [0.5, 0.6) is 0 Å². The van der Waals surface area contributed by atoms with Gasteiger partial charge in [0.1, 0.15) is 0 Å². The number of nitrogens with zero attached hydrogens (tertiary/aromatic N) is 2. The van der Waals surface area contributed by atoms with Gasteiger partial charge in [-0.3, -0.25) is 4.79 Å². The third-order valence-corrected chi connectivity index (χ3v) is 2.98. The van der Waals surface area contributed by atoms with Gasteiger partial charge in [-0.15, -0.1) is 0 Å². The molecule has 0 aliphatic rings. The Kier molecular flexibility index (Phi) is 3.29. The van der Waals surface area contributed by atoms with E-state index in [0.717, 1.165) is 23.0 Å². The van der Waals surface area contributed by atoms with Crippen molar-refractivity contribution in [1.29, 1.82) is 0 Å². The number of Topliss-reactive ketones (excluding diaryl/α,β-unsaturated/α-hetero) is 1. The van der Waals surface area contributed by atoms with Crippen molar-refractivity contribution in [1.82, 2.24) is 9.47 Å². The summed E-state index contributed by atoms with van der Waals surface area (Å²) in [6.07, 6.45) is 2.50. The molecule has 2 rings (SSSR count). The minimum atomic E-state index is 0.218. The first kappa shape index (κ1) is 11.9. The van der Waals surface area contributed by atoms with E-state index in [1.54, 1.807) is 0 Å². The van der Waals surface area contributed by atoms with Crippen LogP contribution in [0.15, 0.2) is 30.5 Å². The van der Waals surface area contributed by atoms with Crippen LogP contribution in [-0.4, -0.2) is 35.9 Å². The average molecular weight is 230 g/mol.